The van der Waals surface area contributed by atoms with E-state index in [1.807, 2.05) is 6.07 Å². The maximum absolute atomic E-state index is 12.0. The van der Waals surface area contributed by atoms with E-state index >= 15 is 0 Å². The van der Waals surface area contributed by atoms with Crippen molar-refractivity contribution in [2.75, 3.05) is 14.2 Å². The second kappa shape index (κ2) is 5.75. The van der Waals surface area contributed by atoms with Gasteiger partial charge in [0.25, 0.3) is 0 Å². The first kappa shape index (κ1) is 14.1. The van der Waals surface area contributed by atoms with Crippen LogP contribution in [0.4, 0.5) is 0 Å². The Bertz CT molecular complexity index is 533. The SMILES string of the molecule is COC(=O)[C@@H]1[C@@H](C(=O)OC)[C@H](c2ccco2)N[C@@H]1C#N. The van der Waals surface area contributed by atoms with Gasteiger partial charge in [-0.25, -0.2) is 0 Å². The molecule has 0 unspecified atom stereocenters. The number of nitriles is 1. The van der Waals surface area contributed by atoms with Gasteiger partial charge in [0.2, 0.25) is 0 Å². The average molecular weight is 278 g/mol. The van der Waals surface area contributed by atoms with Crippen molar-refractivity contribution in [1.82, 2.24) is 5.32 Å². The lowest BCUT2D eigenvalue weighted by Crippen LogP contribution is -2.35. The lowest BCUT2D eigenvalue weighted by atomic mass is 9.86. The molecule has 1 aromatic rings. The summed E-state index contributed by atoms with van der Waals surface area (Å²) in [6.45, 7) is 0. The van der Waals surface area contributed by atoms with Gasteiger partial charge in [0.05, 0.1) is 38.5 Å². The van der Waals surface area contributed by atoms with Gasteiger partial charge in [-0.1, -0.05) is 0 Å². The molecule has 0 radical (unpaired) electrons. The summed E-state index contributed by atoms with van der Waals surface area (Å²) in [5.41, 5.74) is 0. The lowest BCUT2D eigenvalue weighted by molar-refractivity contribution is -0.156. The van der Waals surface area contributed by atoms with Gasteiger partial charge in [0, 0.05) is 0 Å². The second-order valence-electron chi connectivity index (χ2n) is 4.36. The zero-order chi connectivity index (χ0) is 14.7. The number of furan rings is 1. The van der Waals surface area contributed by atoms with E-state index < -0.39 is 35.9 Å². The van der Waals surface area contributed by atoms with E-state index in [0.29, 0.717) is 5.76 Å². The summed E-state index contributed by atoms with van der Waals surface area (Å²) < 4.78 is 14.7. The number of nitrogens with zero attached hydrogens (tertiary/aromatic N) is 1. The van der Waals surface area contributed by atoms with Gasteiger partial charge in [-0.2, -0.15) is 5.26 Å². The third-order valence-electron chi connectivity index (χ3n) is 3.40. The van der Waals surface area contributed by atoms with Crippen molar-refractivity contribution < 1.29 is 23.5 Å². The Balaban J connectivity index is 2.41. The van der Waals surface area contributed by atoms with Gasteiger partial charge < -0.3 is 13.9 Å². The highest BCUT2D eigenvalue weighted by molar-refractivity contribution is 5.84. The molecule has 0 saturated carbocycles. The van der Waals surface area contributed by atoms with Gasteiger partial charge in [-0.05, 0) is 12.1 Å². The molecule has 0 aromatic carbocycles. The van der Waals surface area contributed by atoms with Crippen molar-refractivity contribution in [2.45, 2.75) is 12.1 Å². The van der Waals surface area contributed by atoms with Crippen molar-refractivity contribution in [3.8, 4) is 6.07 Å². The molecule has 0 bridgehead atoms. The first-order valence-electron chi connectivity index (χ1n) is 5.98. The topological polar surface area (TPSA) is 102 Å². The van der Waals surface area contributed by atoms with Gasteiger partial charge in [0.1, 0.15) is 17.7 Å². The Kier molecular flexibility index (Phi) is 4.05. The molecule has 0 spiro atoms. The molecule has 0 aliphatic carbocycles. The fraction of sp³-hybridized carbons (Fsp3) is 0.462. The molecule has 1 N–H and O–H groups in total. The van der Waals surface area contributed by atoms with Crippen molar-refractivity contribution in [1.29, 1.82) is 5.26 Å². The summed E-state index contributed by atoms with van der Waals surface area (Å²) in [5.74, 6) is -2.57. The molecule has 4 atom stereocenters. The van der Waals surface area contributed by atoms with Crippen LogP contribution in [0.1, 0.15) is 11.8 Å². The average Bonchev–Trinajstić information content (AvgIpc) is 3.11. The lowest BCUT2D eigenvalue weighted by Gasteiger charge is -2.19. The van der Waals surface area contributed by atoms with Crippen LogP contribution < -0.4 is 5.32 Å². The first-order chi connectivity index (χ1) is 9.63. The highest BCUT2D eigenvalue weighted by atomic mass is 16.5. The number of methoxy groups -OCH3 is 2. The number of nitrogens with one attached hydrogen (secondary N) is 1. The minimum absolute atomic E-state index is 0.465. The summed E-state index contributed by atoms with van der Waals surface area (Å²) in [5, 5.41) is 12.1. The third-order valence-corrected chi connectivity index (χ3v) is 3.40. The Hall–Kier alpha value is -2.33. The molecule has 2 rings (SSSR count). The predicted molar refractivity (Wildman–Crippen MR) is 65.0 cm³/mol. The van der Waals surface area contributed by atoms with Gasteiger partial charge in [-0.15, -0.1) is 0 Å². The smallest absolute Gasteiger partial charge is 0.312 e. The number of carbonyl (C=O) groups excluding carboxylic acids is 2. The number of ether oxygens (including phenoxy) is 2. The van der Waals surface area contributed by atoms with E-state index in [1.54, 1.807) is 12.1 Å². The molecular formula is C13H14N2O5. The monoisotopic (exact) mass is 278 g/mol. The van der Waals surface area contributed by atoms with E-state index in [-0.39, 0.29) is 0 Å². The third kappa shape index (κ3) is 2.26. The zero-order valence-corrected chi connectivity index (χ0v) is 11.0. The Morgan fingerprint density at radius 1 is 1.30 bits per heavy atom. The van der Waals surface area contributed by atoms with E-state index in [1.165, 1.54) is 20.5 Å². The van der Waals surface area contributed by atoms with Crippen molar-refractivity contribution in [3.05, 3.63) is 24.2 Å². The quantitative estimate of drug-likeness (QED) is 0.798. The van der Waals surface area contributed by atoms with Crippen LogP contribution in [-0.4, -0.2) is 32.2 Å². The minimum atomic E-state index is -0.937. The van der Waals surface area contributed by atoms with Crippen molar-refractivity contribution in [3.63, 3.8) is 0 Å². The van der Waals surface area contributed by atoms with E-state index in [0.717, 1.165) is 0 Å². The Labute approximate surface area is 115 Å². The van der Waals surface area contributed by atoms with Crippen molar-refractivity contribution >= 4 is 11.9 Å². The molecule has 106 valence electrons. The zero-order valence-electron chi connectivity index (χ0n) is 11.0. The summed E-state index contributed by atoms with van der Waals surface area (Å²) in [4.78, 5) is 23.9. The second-order valence-corrected chi connectivity index (χ2v) is 4.36. The normalized spacial score (nSPS) is 28.6. The van der Waals surface area contributed by atoms with E-state index in [2.05, 4.69) is 10.1 Å². The minimum Gasteiger partial charge on any atom is -0.469 e. The molecule has 7 heteroatoms. The van der Waals surface area contributed by atoms with Crippen LogP contribution in [0.15, 0.2) is 22.8 Å². The molecule has 1 aliphatic rings. The number of rotatable bonds is 3. The predicted octanol–water partition coefficient (Wildman–Crippen LogP) is 0.394. The Morgan fingerprint density at radius 3 is 2.45 bits per heavy atom. The molecule has 0 amide bonds. The molecule has 1 aliphatic heterocycles. The molecule has 1 fully saturated rings. The largest absolute Gasteiger partial charge is 0.469 e. The number of hydrogen-bond acceptors (Lipinski definition) is 7. The van der Waals surface area contributed by atoms with Crippen LogP contribution in [0.3, 0.4) is 0 Å². The maximum atomic E-state index is 12.0. The van der Waals surface area contributed by atoms with Crippen LogP contribution in [0.5, 0.6) is 0 Å². The van der Waals surface area contributed by atoms with E-state index in [9.17, 15) is 9.59 Å². The molecular weight excluding hydrogens is 264 g/mol. The number of esters is 2. The van der Waals surface area contributed by atoms with Crippen LogP contribution in [0.25, 0.3) is 0 Å². The van der Waals surface area contributed by atoms with Crippen molar-refractivity contribution in [2.24, 2.45) is 11.8 Å². The highest BCUT2D eigenvalue weighted by Gasteiger charge is 2.53. The highest BCUT2D eigenvalue weighted by Crippen LogP contribution is 2.38. The standard InChI is InChI=1S/C13H14N2O5/c1-18-12(16)9-7(6-14)15-11(8-4-3-5-20-8)10(9)13(17)19-2/h3-5,7,9-11,15H,1-2H3/t7-,9+,10-,11+/m1/s1. The summed E-state index contributed by atoms with van der Waals surface area (Å²) in [6.07, 6.45) is 1.46. The van der Waals surface area contributed by atoms with E-state index in [4.69, 9.17) is 14.4 Å². The van der Waals surface area contributed by atoms with Gasteiger partial charge in [-0.3, -0.25) is 14.9 Å². The fourth-order valence-electron chi connectivity index (χ4n) is 2.50. The summed E-state index contributed by atoms with van der Waals surface area (Å²) in [7, 11) is 2.45. The molecule has 7 nitrogen and oxygen atoms in total. The summed E-state index contributed by atoms with van der Waals surface area (Å²) >= 11 is 0. The van der Waals surface area contributed by atoms with Crippen LogP contribution in [-0.2, 0) is 19.1 Å². The van der Waals surface area contributed by atoms with Crippen LogP contribution in [0, 0.1) is 23.2 Å². The number of hydrogen-bond donors (Lipinski definition) is 1. The maximum Gasteiger partial charge on any atom is 0.312 e. The Morgan fingerprint density at radius 2 is 1.95 bits per heavy atom. The molecule has 1 aromatic heterocycles. The fourth-order valence-corrected chi connectivity index (χ4v) is 2.50. The van der Waals surface area contributed by atoms with Crippen LogP contribution >= 0.6 is 0 Å². The van der Waals surface area contributed by atoms with Crippen LogP contribution in [0.2, 0.25) is 0 Å². The first-order valence-corrected chi connectivity index (χ1v) is 5.98. The van der Waals surface area contributed by atoms with Gasteiger partial charge >= 0.3 is 11.9 Å². The molecule has 1 saturated heterocycles. The summed E-state index contributed by atoms with van der Waals surface area (Å²) in [6, 6.07) is 3.85. The molecule has 2 heterocycles. The number of carbonyl (C=O) groups is 2. The molecule has 20 heavy (non-hydrogen) atoms. The van der Waals surface area contributed by atoms with Gasteiger partial charge in [0.15, 0.2) is 0 Å².